The van der Waals surface area contributed by atoms with Crippen molar-refractivity contribution in [2.45, 2.75) is 46.3 Å². The minimum Gasteiger partial charge on any atom is -0.442 e. The zero-order valence-corrected chi connectivity index (χ0v) is 23.5. The standard InChI is InChI=1S/C23H29FN5O11P/c1-5-35-39-40-41(33,34)38-15(3)36-22(31)28(14(2)30)11-18-12-29(23(32)37-18)17-6-7-21(19(24)8-17)27-10-16-9-26(4)25-20(16)13-27/h6-9,15,18H,5,10-13H2,1-4H3,(H,33,34)/t15?,18-/m0/s1. The van der Waals surface area contributed by atoms with E-state index in [1.165, 1.54) is 17.9 Å². The van der Waals surface area contributed by atoms with Gasteiger partial charge in [-0.2, -0.15) is 5.10 Å². The van der Waals surface area contributed by atoms with E-state index >= 15 is 4.39 Å². The first-order valence-electron chi connectivity index (χ1n) is 12.4. The van der Waals surface area contributed by atoms with Gasteiger partial charge in [-0.3, -0.25) is 14.4 Å². The summed E-state index contributed by atoms with van der Waals surface area (Å²) in [5.74, 6) is -1.32. The Morgan fingerprint density at radius 2 is 2.10 bits per heavy atom. The lowest BCUT2D eigenvalue weighted by Crippen LogP contribution is -2.43. The molecule has 2 aromatic rings. The van der Waals surface area contributed by atoms with E-state index in [-0.39, 0.29) is 18.8 Å². The number of nitrogens with zero attached hydrogens (tertiary/aromatic N) is 5. The Morgan fingerprint density at radius 3 is 2.76 bits per heavy atom. The number of imide groups is 1. The second-order valence-electron chi connectivity index (χ2n) is 9.09. The van der Waals surface area contributed by atoms with Crippen molar-refractivity contribution in [2.24, 2.45) is 7.05 Å². The van der Waals surface area contributed by atoms with Crippen LogP contribution in [-0.4, -0.2) is 69.8 Å². The van der Waals surface area contributed by atoms with E-state index in [0.717, 1.165) is 25.1 Å². The summed E-state index contributed by atoms with van der Waals surface area (Å²) < 4.78 is 47.4. The summed E-state index contributed by atoms with van der Waals surface area (Å²) >= 11 is 0. The first kappa shape index (κ1) is 30.4. The monoisotopic (exact) mass is 601 g/mol. The number of carbonyl (C=O) groups excluding carboxylic acids is 3. The number of amides is 3. The summed E-state index contributed by atoms with van der Waals surface area (Å²) in [5.41, 5.74) is 2.44. The van der Waals surface area contributed by atoms with Crippen LogP contribution in [0.5, 0.6) is 0 Å². The van der Waals surface area contributed by atoms with Gasteiger partial charge >= 0.3 is 20.0 Å². The molecule has 1 fully saturated rings. The maximum atomic E-state index is 15.1. The maximum absolute atomic E-state index is 15.1. The smallest absolute Gasteiger partial charge is 0.442 e. The van der Waals surface area contributed by atoms with Crippen LogP contribution in [0.25, 0.3) is 0 Å². The Labute approximate surface area is 233 Å². The molecule has 0 saturated carbocycles. The third kappa shape index (κ3) is 7.38. The molecule has 3 amide bonds. The number of hydrogen-bond acceptors (Lipinski definition) is 12. The van der Waals surface area contributed by atoms with Crippen LogP contribution in [0.4, 0.5) is 25.4 Å². The number of anilines is 2. The lowest BCUT2D eigenvalue weighted by atomic mass is 10.2. The van der Waals surface area contributed by atoms with Crippen LogP contribution < -0.4 is 9.80 Å². The highest BCUT2D eigenvalue weighted by molar-refractivity contribution is 7.47. The van der Waals surface area contributed by atoms with E-state index in [1.54, 1.807) is 16.8 Å². The summed E-state index contributed by atoms with van der Waals surface area (Å²) in [6.45, 7) is 4.12. The number of fused-ring (bicyclic) bond motifs is 1. The predicted molar refractivity (Wildman–Crippen MR) is 135 cm³/mol. The third-order valence-electron chi connectivity index (χ3n) is 5.98. The highest BCUT2D eigenvalue weighted by atomic mass is 31.2. The van der Waals surface area contributed by atoms with Crippen molar-refractivity contribution in [2.75, 3.05) is 29.5 Å². The van der Waals surface area contributed by atoms with Crippen molar-refractivity contribution in [1.82, 2.24) is 14.7 Å². The lowest BCUT2D eigenvalue weighted by molar-refractivity contribution is -0.471. The molecule has 1 aromatic heterocycles. The zero-order valence-electron chi connectivity index (χ0n) is 22.6. The first-order chi connectivity index (χ1) is 19.4. The van der Waals surface area contributed by atoms with Crippen molar-refractivity contribution in [3.8, 4) is 0 Å². The molecule has 2 aliphatic heterocycles. The molecular formula is C23H29FN5O11P. The topological polar surface area (TPSA) is 171 Å². The Hall–Kier alpha value is -3.60. The van der Waals surface area contributed by atoms with Crippen LogP contribution in [0.15, 0.2) is 24.4 Å². The molecule has 4 rings (SSSR count). The average Bonchev–Trinajstić information content (AvgIpc) is 3.54. The molecule has 0 spiro atoms. The number of hydrogen-bond donors (Lipinski definition) is 1. The minimum absolute atomic E-state index is 0.00732. The van der Waals surface area contributed by atoms with Crippen LogP contribution in [0.1, 0.15) is 32.0 Å². The van der Waals surface area contributed by atoms with E-state index in [0.29, 0.717) is 23.7 Å². The molecule has 1 aromatic carbocycles. The second-order valence-corrected chi connectivity index (χ2v) is 10.4. The van der Waals surface area contributed by atoms with Crippen LogP contribution in [0.2, 0.25) is 0 Å². The number of rotatable bonds is 11. The van der Waals surface area contributed by atoms with Gasteiger partial charge in [-0.05, 0) is 32.0 Å². The number of carbonyl (C=O) groups is 3. The van der Waals surface area contributed by atoms with E-state index < -0.39 is 50.7 Å². The largest absolute Gasteiger partial charge is 0.504 e. The highest BCUT2D eigenvalue weighted by Crippen LogP contribution is 2.45. The molecule has 3 atom stereocenters. The molecule has 41 heavy (non-hydrogen) atoms. The van der Waals surface area contributed by atoms with Gasteiger partial charge < -0.3 is 19.3 Å². The van der Waals surface area contributed by atoms with Crippen molar-refractivity contribution in [3.05, 3.63) is 41.5 Å². The third-order valence-corrected chi connectivity index (χ3v) is 6.79. The molecule has 0 bridgehead atoms. The number of halogens is 1. The molecule has 0 aliphatic carbocycles. The number of cyclic esters (lactones) is 1. The van der Waals surface area contributed by atoms with Crippen molar-refractivity contribution < 1.29 is 56.8 Å². The zero-order chi connectivity index (χ0) is 29.9. The Kier molecular flexibility index (Phi) is 9.26. The normalized spacial score (nSPS) is 18.6. The first-order valence-corrected chi connectivity index (χ1v) is 13.9. The molecule has 224 valence electrons. The lowest BCUT2D eigenvalue weighted by Gasteiger charge is -2.23. The molecular weight excluding hydrogens is 572 g/mol. The SMILES string of the molecule is CCOOOP(=O)(O)OC(C)OC(=O)N(C[C@H]1CN(c2ccc(N3Cc4cn(C)nc4C3)c(F)c2)C(=O)O1)C(C)=O. The van der Waals surface area contributed by atoms with E-state index in [2.05, 4.69) is 24.2 Å². The number of aromatic nitrogens is 2. The molecule has 1 N–H and O–H groups in total. The summed E-state index contributed by atoms with van der Waals surface area (Å²) in [7, 11) is -3.02. The van der Waals surface area contributed by atoms with Gasteiger partial charge in [-0.25, -0.2) is 32.9 Å². The van der Waals surface area contributed by atoms with Crippen LogP contribution in [-0.2, 0) is 58.1 Å². The highest BCUT2D eigenvalue weighted by Gasteiger charge is 2.37. The second kappa shape index (κ2) is 12.5. The predicted octanol–water partition coefficient (Wildman–Crippen LogP) is 2.75. The van der Waals surface area contributed by atoms with Crippen LogP contribution in [0, 0.1) is 5.82 Å². The molecule has 3 heterocycles. The van der Waals surface area contributed by atoms with Gasteiger partial charge in [0.25, 0.3) is 0 Å². The molecule has 2 aliphatic rings. The Balaban J connectivity index is 1.34. The Bertz CT molecular complexity index is 1330. The van der Waals surface area contributed by atoms with E-state index in [4.69, 9.17) is 9.47 Å². The van der Waals surface area contributed by atoms with Gasteiger partial charge in [0.2, 0.25) is 12.2 Å². The van der Waals surface area contributed by atoms with Crippen molar-refractivity contribution in [1.29, 1.82) is 0 Å². The molecule has 0 radical (unpaired) electrons. The van der Waals surface area contributed by atoms with E-state index in [1.807, 2.05) is 18.1 Å². The number of benzene rings is 1. The molecule has 16 nitrogen and oxygen atoms in total. The van der Waals surface area contributed by atoms with Gasteiger partial charge in [0.05, 0.1) is 43.3 Å². The molecule has 1 saturated heterocycles. The summed E-state index contributed by atoms with van der Waals surface area (Å²) in [6.07, 6.45) is -2.81. The fourth-order valence-corrected chi connectivity index (χ4v) is 4.86. The number of phosphoric acid groups is 1. The molecule has 2 unspecified atom stereocenters. The number of aryl methyl sites for hydroxylation is 1. The van der Waals surface area contributed by atoms with Crippen molar-refractivity contribution >= 4 is 37.3 Å². The fourth-order valence-electron chi connectivity index (χ4n) is 4.28. The van der Waals surface area contributed by atoms with Gasteiger partial charge in [0.15, 0.2) is 0 Å². The minimum atomic E-state index is -4.84. The van der Waals surface area contributed by atoms with E-state index in [9.17, 15) is 23.8 Å². The number of phosphoric ester groups is 1. The van der Waals surface area contributed by atoms with Crippen molar-refractivity contribution in [3.63, 3.8) is 0 Å². The van der Waals surface area contributed by atoms with Crippen LogP contribution in [0.3, 0.4) is 0 Å². The quantitative estimate of drug-likeness (QED) is 0.131. The van der Waals surface area contributed by atoms with Gasteiger partial charge in [-0.15, -0.1) is 0 Å². The van der Waals surface area contributed by atoms with Crippen LogP contribution >= 0.6 is 7.82 Å². The fraction of sp³-hybridized carbons (Fsp3) is 0.478. The summed E-state index contributed by atoms with van der Waals surface area (Å²) in [5, 5.41) is 8.38. The Morgan fingerprint density at radius 1 is 1.34 bits per heavy atom. The molecule has 18 heteroatoms. The summed E-state index contributed by atoms with van der Waals surface area (Å²) in [4.78, 5) is 54.8. The summed E-state index contributed by atoms with van der Waals surface area (Å²) in [6, 6.07) is 4.33. The van der Waals surface area contributed by atoms with Gasteiger partial charge in [-0.1, -0.05) is 9.71 Å². The van der Waals surface area contributed by atoms with Gasteiger partial charge in [0.1, 0.15) is 11.9 Å². The van der Waals surface area contributed by atoms with Gasteiger partial charge in [0, 0.05) is 32.3 Å². The average molecular weight is 601 g/mol. The number of ether oxygens (including phenoxy) is 2. The maximum Gasteiger partial charge on any atom is 0.504 e.